The van der Waals surface area contributed by atoms with E-state index in [-0.39, 0.29) is 50.1 Å². The fourth-order valence-electron chi connectivity index (χ4n) is 9.98. The minimum Gasteiger partial charge on any atom is -0.462 e. The molecule has 2 heterocycles. The zero-order chi connectivity index (χ0) is 52.8. The van der Waals surface area contributed by atoms with Crippen molar-refractivity contribution in [2.24, 2.45) is 5.92 Å². The molecule has 0 saturated carbocycles. The quantitative estimate of drug-likeness (QED) is 0.0286. The van der Waals surface area contributed by atoms with Gasteiger partial charge in [-0.3, -0.25) is 9.59 Å². The van der Waals surface area contributed by atoms with E-state index in [0.717, 1.165) is 77.0 Å². The van der Waals surface area contributed by atoms with Crippen LogP contribution >= 0.6 is 0 Å². The van der Waals surface area contributed by atoms with Gasteiger partial charge in [0.25, 0.3) is 11.2 Å². The molecule has 0 N–H and O–H groups in total. The van der Waals surface area contributed by atoms with Gasteiger partial charge < -0.3 is 33.2 Å². The van der Waals surface area contributed by atoms with Crippen LogP contribution in [0, 0.1) is 5.92 Å². The van der Waals surface area contributed by atoms with E-state index < -0.39 is 89.0 Å². The number of unbranched alkanes of at least 4 members (excludes halogenated alkanes) is 13. The van der Waals surface area contributed by atoms with Crippen LogP contribution in [0.1, 0.15) is 179 Å². The maximum atomic E-state index is 15.1. The van der Waals surface area contributed by atoms with Crippen LogP contribution < -0.4 is 0 Å². The molecule has 0 unspecified atom stereocenters. The molecule has 2 aliphatic heterocycles. The van der Waals surface area contributed by atoms with Gasteiger partial charge in [0.15, 0.2) is 0 Å². The highest BCUT2D eigenvalue weighted by atomic mass is 19.4. The second-order valence-electron chi connectivity index (χ2n) is 19.4. The van der Waals surface area contributed by atoms with Crippen LogP contribution in [0.15, 0.2) is 60.7 Å². The number of ether oxygens (including phenoxy) is 6. The molecule has 0 spiro atoms. The van der Waals surface area contributed by atoms with Crippen molar-refractivity contribution < 1.29 is 78.7 Å². The van der Waals surface area contributed by atoms with Gasteiger partial charge >= 0.3 is 30.3 Å². The zero-order valence-corrected chi connectivity index (χ0v) is 42.5. The second kappa shape index (κ2) is 29.5. The van der Waals surface area contributed by atoms with Crippen LogP contribution in [0.25, 0.3) is 0 Å². The summed E-state index contributed by atoms with van der Waals surface area (Å²) in [6.07, 6.45) is -0.918. The van der Waals surface area contributed by atoms with Gasteiger partial charge in [0.2, 0.25) is 0 Å². The molecule has 11 nitrogen and oxygen atoms in total. The average Bonchev–Trinajstić information content (AvgIpc) is 3.97. The lowest BCUT2D eigenvalue weighted by Crippen LogP contribution is -2.53. The molecular formula is C55H76F6O11. The molecule has 0 amide bonds. The molecular weight excluding hydrogens is 951 g/mol. The Morgan fingerprint density at radius 2 is 1.03 bits per heavy atom. The van der Waals surface area contributed by atoms with Crippen molar-refractivity contribution in [2.75, 3.05) is 14.2 Å². The van der Waals surface area contributed by atoms with Gasteiger partial charge in [0.1, 0.15) is 29.9 Å². The lowest BCUT2D eigenvalue weighted by atomic mass is 9.92. The first-order valence-electron chi connectivity index (χ1n) is 26.0. The third-order valence-electron chi connectivity index (χ3n) is 14.0. The summed E-state index contributed by atoms with van der Waals surface area (Å²) in [5.41, 5.74) is -7.96. The molecule has 17 heteroatoms. The van der Waals surface area contributed by atoms with Crippen LogP contribution in [-0.2, 0) is 63.6 Å². The molecule has 2 saturated heterocycles. The van der Waals surface area contributed by atoms with Crippen LogP contribution in [0.2, 0.25) is 0 Å². The predicted octanol–water partition coefficient (Wildman–Crippen LogP) is 12.9. The van der Waals surface area contributed by atoms with E-state index >= 15 is 26.3 Å². The van der Waals surface area contributed by atoms with Crippen molar-refractivity contribution in [1.29, 1.82) is 0 Å². The van der Waals surface area contributed by atoms with Crippen LogP contribution in [0.5, 0.6) is 0 Å². The Morgan fingerprint density at radius 3 is 1.43 bits per heavy atom. The zero-order valence-electron chi connectivity index (χ0n) is 42.5. The maximum absolute atomic E-state index is 15.1. The molecule has 2 fully saturated rings. The Bertz CT molecular complexity index is 1960. The number of cyclic esters (lactones) is 1. The fourth-order valence-corrected chi connectivity index (χ4v) is 9.98. The average molecular weight is 1030 g/mol. The van der Waals surface area contributed by atoms with E-state index in [2.05, 4.69) is 6.92 Å². The number of halogens is 6. The topological polar surface area (TPSA) is 141 Å². The van der Waals surface area contributed by atoms with Gasteiger partial charge in [-0.25, -0.2) is 9.59 Å². The van der Waals surface area contributed by atoms with Crippen molar-refractivity contribution in [2.45, 2.75) is 222 Å². The number of alkyl halides is 6. The molecule has 4 rings (SSSR count). The van der Waals surface area contributed by atoms with E-state index in [1.54, 1.807) is 0 Å². The molecule has 0 radical (unpaired) electrons. The number of rotatable bonds is 34. The van der Waals surface area contributed by atoms with Crippen LogP contribution in [0.3, 0.4) is 0 Å². The summed E-state index contributed by atoms with van der Waals surface area (Å²) in [4.78, 5) is 64.2. The number of ketones is 2. The van der Waals surface area contributed by atoms with Crippen LogP contribution in [-0.4, -0.2) is 86.6 Å². The summed E-state index contributed by atoms with van der Waals surface area (Å²) in [6.45, 7) is 3.57. The first-order chi connectivity index (χ1) is 34.3. The summed E-state index contributed by atoms with van der Waals surface area (Å²) >= 11 is 0. The number of carbonyl (C=O) groups excluding carboxylic acids is 5. The summed E-state index contributed by atoms with van der Waals surface area (Å²) in [7, 11) is 1.55. The molecule has 404 valence electrons. The Morgan fingerprint density at radius 1 is 0.611 bits per heavy atom. The third kappa shape index (κ3) is 16.8. The molecule has 72 heavy (non-hydrogen) atoms. The van der Waals surface area contributed by atoms with E-state index in [1.165, 1.54) is 56.2 Å². The number of hydrogen-bond donors (Lipinski definition) is 0. The van der Waals surface area contributed by atoms with Gasteiger partial charge in [-0.1, -0.05) is 145 Å². The van der Waals surface area contributed by atoms with E-state index in [4.69, 9.17) is 28.4 Å². The summed E-state index contributed by atoms with van der Waals surface area (Å²) in [5.74, 6) is -4.39. The number of hydrogen-bond acceptors (Lipinski definition) is 11. The summed E-state index contributed by atoms with van der Waals surface area (Å²) in [5, 5.41) is 0. The van der Waals surface area contributed by atoms with E-state index in [0.29, 0.717) is 64.2 Å². The predicted molar refractivity (Wildman–Crippen MR) is 256 cm³/mol. The number of methoxy groups -OCH3 is 2. The van der Waals surface area contributed by atoms with Gasteiger partial charge in [-0.2, -0.15) is 26.3 Å². The first-order valence-corrected chi connectivity index (χ1v) is 26.0. The lowest BCUT2D eigenvalue weighted by Gasteiger charge is -2.36. The van der Waals surface area contributed by atoms with Gasteiger partial charge in [-0.05, 0) is 64.7 Å². The standard InChI is InChI=1S/C55H76F6O11/c1-5-6-7-8-9-10-11-12-15-24-31-45(71-50(65)52(67-3,54(56,57)58)41-26-19-17-20-27-41)47-35-36-48(70-47)46(72-51(66)53(68-4,55(59,60)61)42-28-21-18-22-29-42)32-25-16-13-14-23-30-43(63)33-34-44-38-40(37-39(2)62)49(64)69-44/h17-22,26-29,40,44-48H,5-16,23-25,30-38H2,1-4H3/t40-,44+,45-,46-,47-,48-,52+,53+/m1/s1. The Hall–Kier alpha value is -4.35. The second-order valence-corrected chi connectivity index (χ2v) is 19.4. The van der Waals surface area contributed by atoms with Crippen molar-refractivity contribution in [1.82, 2.24) is 0 Å². The Kier molecular flexibility index (Phi) is 24.7. The SMILES string of the molecule is CCCCCCCCCCCC[C@@H](OC(=O)[C@@](OC)(c1ccccc1)C(F)(F)F)[C@H]1CC[C@H]([C@@H](CCCCCCCC(=O)CC[C@H]2C[C@@H](CC(C)=O)C(=O)O2)OC(=O)[C@@](OC)(c2ccccc2)C(F)(F)F)O1. The lowest BCUT2D eigenvalue weighted by molar-refractivity contribution is -0.280. The highest BCUT2D eigenvalue weighted by Gasteiger charge is 2.66. The highest BCUT2D eigenvalue weighted by molar-refractivity contribution is 5.85. The fraction of sp³-hybridized carbons (Fsp3) is 0.691. The molecule has 0 aliphatic carbocycles. The van der Waals surface area contributed by atoms with E-state index in [9.17, 15) is 24.0 Å². The first kappa shape index (κ1) is 60.2. The van der Waals surface area contributed by atoms with Crippen molar-refractivity contribution >= 4 is 29.5 Å². The Labute approximate surface area is 421 Å². The van der Waals surface area contributed by atoms with Crippen molar-refractivity contribution in [3.63, 3.8) is 0 Å². The third-order valence-corrected chi connectivity index (χ3v) is 14.0. The smallest absolute Gasteiger partial charge is 0.432 e. The van der Waals surface area contributed by atoms with Gasteiger partial charge in [0, 0.05) is 44.6 Å². The monoisotopic (exact) mass is 1030 g/mol. The highest BCUT2D eigenvalue weighted by Crippen LogP contribution is 2.46. The molecule has 8 atom stereocenters. The van der Waals surface area contributed by atoms with Gasteiger partial charge in [0.05, 0.1) is 18.1 Å². The number of benzene rings is 2. The number of carbonyl (C=O) groups is 5. The summed E-state index contributed by atoms with van der Waals surface area (Å²) in [6, 6.07) is 12.8. The van der Waals surface area contributed by atoms with Gasteiger partial charge in [-0.15, -0.1) is 0 Å². The van der Waals surface area contributed by atoms with E-state index in [1.807, 2.05) is 0 Å². The Balaban J connectivity index is 1.48. The largest absolute Gasteiger partial charge is 0.462 e. The molecule has 2 aliphatic rings. The maximum Gasteiger partial charge on any atom is 0.432 e. The molecule has 0 aromatic heterocycles. The molecule has 2 aromatic carbocycles. The van der Waals surface area contributed by atoms with Crippen molar-refractivity contribution in [3.8, 4) is 0 Å². The van der Waals surface area contributed by atoms with Crippen molar-refractivity contribution in [3.05, 3.63) is 71.8 Å². The minimum absolute atomic E-state index is 0.00854. The number of esters is 3. The molecule has 2 aromatic rings. The number of Topliss-reactive ketones (excluding diaryl/α,β-unsaturated/α-hetero) is 2. The normalized spacial score (nSPS) is 20.8. The molecule has 0 bridgehead atoms. The minimum atomic E-state index is -5.26. The summed E-state index contributed by atoms with van der Waals surface area (Å²) < 4.78 is 124. The van der Waals surface area contributed by atoms with Crippen LogP contribution in [0.4, 0.5) is 26.3 Å².